The summed E-state index contributed by atoms with van der Waals surface area (Å²) >= 11 is 0. The smallest absolute Gasteiger partial charge is 0.0106 e. The summed E-state index contributed by atoms with van der Waals surface area (Å²) in [5.41, 5.74) is 3.15. The van der Waals surface area contributed by atoms with Gasteiger partial charge in [-0.05, 0) is 61.0 Å². The third kappa shape index (κ3) is 2.80. The molecule has 3 aliphatic carbocycles. The largest absolute Gasteiger partial charge is 0.0610 e. The Balaban J connectivity index is 1.85. The molecule has 2 fully saturated rings. The van der Waals surface area contributed by atoms with Gasteiger partial charge in [-0.15, -0.1) is 0 Å². The van der Waals surface area contributed by atoms with Gasteiger partial charge in [-0.1, -0.05) is 63.3 Å². The Bertz CT molecular complexity index is 373. The summed E-state index contributed by atoms with van der Waals surface area (Å²) in [5.74, 6) is 3.37. The van der Waals surface area contributed by atoms with Crippen LogP contribution in [-0.4, -0.2) is 0 Å². The van der Waals surface area contributed by atoms with Gasteiger partial charge in [0.25, 0.3) is 0 Å². The van der Waals surface area contributed by atoms with Crippen molar-refractivity contribution in [3.8, 4) is 0 Å². The third-order valence-corrected chi connectivity index (χ3v) is 6.10. The number of allylic oxidation sites excluding steroid dienone is 6. The summed E-state index contributed by atoms with van der Waals surface area (Å²) in [6.45, 7) is 5.00. The van der Waals surface area contributed by atoms with E-state index in [1.54, 1.807) is 5.57 Å². The standard InChI is InChI=1S/C20H29/c1-15(17-9-3-4-10-17)20(19-13-7-8-14-19)16(2)18-11-5-6-12-18/h7-8,13,15-18H,3-6,9-12H2,1-2H3. The summed E-state index contributed by atoms with van der Waals surface area (Å²) in [6, 6.07) is 0. The molecule has 0 saturated heterocycles. The van der Waals surface area contributed by atoms with Crippen molar-refractivity contribution in [3.63, 3.8) is 0 Å². The van der Waals surface area contributed by atoms with Gasteiger partial charge in [-0.3, -0.25) is 0 Å². The van der Waals surface area contributed by atoms with Gasteiger partial charge in [0, 0.05) is 0 Å². The second-order valence-corrected chi connectivity index (χ2v) is 7.21. The van der Waals surface area contributed by atoms with E-state index < -0.39 is 0 Å². The molecule has 0 spiro atoms. The van der Waals surface area contributed by atoms with Crippen LogP contribution in [0, 0.1) is 29.7 Å². The van der Waals surface area contributed by atoms with Gasteiger partial charge in [0.2, 0.25) is 0 Å². The molecule has 2 unspecified atom stereocenters. The molecule has 0 aliphatic heterocycles. The topological polar surface area (TPSA) is 0 Å². The Hall–Kier alpha value is -0.780. The van der Waals surface area contributed by atoms with Gasteiger partial charge in [-0.25, -0.2) is 0 Å². The highest BCUT2D eigenvalue weighted by molar-refractivity contribution is 5.41. The maximum absolute atomic E-state index is 3.51. The minimum atomic E-state index is 0.756. The summed E-state index contributed by atoms with van der Waals surface area (Å²) in [7, 11) is 0. The first-order valence-corrected chi connectivity index (χ1v) is 8.78. The van der Waals surface area contributed by atoms with Crippen LogP contribution >= 0.6 is 0 Å². The van der Waals surface area contributed by atoms with E-state index >= 15 is 0 Å². The number of hydrogen-bond acceptors (Lipinski definition) is 0. The van der Waals surface area contributed by atoms with Crippen LogP contribution in [0.15, 0.2) is 29.4 Å². The van der Waals surface area contributed by atoms with Crippen molar-refractivity contribution < 1.29 is 0 Å². The Labute approximate surface area is 125 Å². The van der Waals surface area contributed by atoms with Crippen molar-refractivity contribution in [3.05, 3.63) is 35.5 Å². The zero-order valence-electron chi connectivity index (χ0n) is 13.2. The molecule has 0 heterocycles. The lowest BCUT2D eigenvalue weighted by molar-refractivity contribution is 0.331. The Morgan fingerprint density at radius 1 is 0.950 bits per heavy atom. The van der Waals surface area contributed by atoms with Crippen molar-refractivity contribution >= 4 is 0 Å². The predicted octanol–water partition coefficient (Wildman–Crippen LogP) is 5.86. The minimum absolute atomic E-state index is 0.756. The normalized spacial score (nSPS) is 26.6. The fourth-order valence-electron chi connectivity index (χ4n) is 4.84. The lowest BCUT2D eigenvalue weighted by atomic mass is 9.73. The highest BCUT2D eigenvalue weighted by Gasteiger charge is 2.32. The predicted molar refractivity (Wildman–Crippen MR) is 86.2 cm³/mol. The Kier molecular flexibility index (Phi) is 4.48. The number of rotatable bonds is 4. The monoisotopic (exact) mass is 269 g/mol. The van der Waals surface area contributed by atoms with E-state index in [4.69, 9.17) is 0 Å². The van der Waals surface area contributed by atoms with Crippen LogP contribution in [0.1, 0.15) is 65.2 Å². The third-order valence-electron chi connectivity index (χ3n) is 6.10. The van der Waals surface area contributed by atoms with E-state index in [-0.39, 0.29) is 0 Å². The average Bonchev–Trinajstić information content (AvgIpc) is 3.20. The Morgan fingerprint density at radius 2 is 1.45 bits per heavy atom. The van der Waals surface area contributed by atoms with Crippen LogP contribution in [0.2, 0.25) is 0 Å². The van der Waals surface area contributed by atoms with Gasteiger partial charge >= 0.3 is 0 Å². The summed E-state index contributed by atoms with van der Waals surface area (Å²) < 4.78 is 0. The number of hydrogen-bond donors (Lipinski definition) is 0. The van der Waals surface area contributed by atoms with E-state index in [0.717, 1.165) is 23.7 Å². The fraction of sp³-hybridized carbons (Fsp3) is 0.700. The van der Waals surface area contributed by atoms with Crippen molar-refractivity contribution in [1.29, 1.82) is 0 Å². The zero-order chi connectivity index (χ0) is 13.9. The zero-order valence-corrected chi connectivity index (χ0v) is 13.2. The van der Waals surface area contributed by atoms with E-state index in [9.17, 15) is 0 Å². The first kappa shape index (κ1) is 14.2. The molecule has 0 aromatic carbocycles. The van der Waals surface area contributed by atoms with E-state index in [1.165, 1.54) is 56.9 Å². The summed E-state index contributed by atoms with van der Waals surface area (Å²) in [6.07, 6.45) is 21.7. The molecule has 0 heteroatoms. The summed E-state index contributed by atoms with van der Waals surface area (Å²) in [4.78, 5) is 0. The maximum atomic E-state index is 3.51. The van der Waals surface area contributed by atoms with Gasteiger partial charge in [0.15, 0.2) is 0 Å². The molecule has 2 atom stereocenters. The van der Waals surface area contributed by atoms with Gasteiger partial charge < -0.3 is 0 Å². The van der Waals surface area contributed by atoms with E-state index in [1.807, 2.05) is 0 Å². The quantitative estimate of drug-likeness (QED) is 0.599. The SMILES string of the molecule is CC(C(=C1[C]=CC=C1)C(C)C1CCCC1)C1CCCC1. The lowest BCUT2D eigenvalue weighted by Crippen LogP contribution is -2.21. The van der Waals surface area contributed by atoms with E-state index in [0.29, 0.717) is 0 Å². The average molecular weight is 269 g/mol. The molecule has 109 valence electrons. The highest BCUT2D eigenvalue weighted by atomic mass is 14.4. The van der Waals surface area contributed by atoms with Crippen LogP contribution < -0.4 is 0 Å². The van der Waals surface area contributed by atoms with Crippen molar-refractivity contribution in [2.45, 2.75) is 65.2 Å². The highest BCUT2D eigenvalue weighted by Crippen LogP contribution is 2.44. The molecule has 2 saturated carbocycles. The van der Waals surface area contributed by atoms with Crippen LogP contribution in [0.25, 0.3) is 0 Å². The van der Waals surface area contributed by atoms with Crippen molar-refractivity contribution in [2.24, 2.45) is 23.7 Å². The molecule has 0 N–H and O–H groups in total. The van der Waals surface area contributed by atoms with Crippen LogP contribution in [0.3, 0.4) is 0 Å². The van der Waals surface area contributed by atoms with Crippen molar-refractivity contribution in [2.75, 3.05) is 0 Å². The van der Waals surface area contributed by atoms with Crippen molar-refractivity contribution in [1.82, 2.24) is 0 Å². The van der Waals surface area contributed by atoms with Gasteiger partial charge in [0.1, 0.15) is 0 Å². The van der Waals surface area contributed by atoms with E-state index in [2.05, 4.69) is 38.2 Å². The van der Waals surface area contributed by atoms with Crippen LogP contribution in [0.4, 0.5) is 0 Å². The molecular weight excluding hydrogens is 240 g/mol. The maximum Gasteiger partial charge on any atom is -0.0106 e. The molecule has 3 aliphatic rings. The van der Waals surface area contributed by atoms with Gasteiger partial charge in [-0.2, -0.15) is 0 Å². The first-order valence-electron chi connectivity index (χ1n) is 8.78. The molecular formula is C20H29. The molecule has 3 rings (SSSR count). The second-order valence-electron chi connectivity index (χ2n) is 7.21. The fourth-order valence-corrected chi connectivity index (χ4v) is 4.84. The van der Waals surface area contributed by atoms with Crippen LogP contribution in [-0.2, 0) is 0 Å². The molecule has 20 heavy (non-hydrogen) atoms. The first-order chi connectivity index (χ1) is 9.77. The molecule has 1 radical (unpaired) electrons. The Morgan fingerprint density at radius 3 is 1.85 bits per heavy atom. The molecule has 0 bridgehead atoms. The van der Waals surface area contributed by atoms with Gasteiger partial charge in [0.05, 0.1) is 0 Å². The second kappa shape index (κ2) is 6.33. The lowest BCUT2D eigenvalue weighted by Gasteiger charge is -2.31. The molecule has 0 aromatic heterocycles. The minimum Gasteiger partial charge on any atom is -0.0610 e. The molecule has 0 aromatic rings. The van der Waals surface area contributed by atoms with Crippen LogP contribution in [0.5, 0.6) is 0 Å². The molecule has 0 amide bonds. The summed E-state index contributed by atoms with van der Waals surface area (Å²) in [5, 5.41) is 0. The molecule has 0 nitrogen and oxygen atoms in total.